The molecule has 56 valence electrons. The van der Waals surface area contributed by atoms with Gasteiger partial charge in [-0.3, -0.25) is 0 Å². The van der Waals surface area contributed by atoms with Gasteiger partial charge in [-0.1, -0.05) is 6.92 Å². The zero-order valence-electron chi connectivity index (χ0n) is 6.77. The Kier molecular flexibility index (Phi) is 4.72. The summed E-state index contributed by atoms with van der Waals surface area (Å²) in [7, 11) is 3.70. The van der Waals surface area contributed by atoms with Crippen molar-refractivity contribution in [2.75, 3.05) is 20.8 Å². The fourth-order valence-corrected chi connectivity index (χ4v) is 0.692. The molecule has 0 spiro atoms. The molecule has 0 heterocycles. The van der Waals surface area contributed by atoms with Gasteiger partial charge < -0.3 is 10.1 Å². The van der Waals surface area contributed by atoms with Crippen molar-refractivity contribution in [3.8, 4) is 0 Å². The summed E-state index contributed by atoms with van der Waals surface area (Å²) in [5.41, 5.74) is 0. The smallest absolute Gasteiger partial charge is 0.0502 e. The molecule has 2 nitrogen and oxygen atoms in total. The number of nitrogens with one attached hydrogen (secondary N) is 1. The van der Waals surface area contributed by atoms with Crippen molar-refractivity contribution in [2.45, 2.75) is 19.9 Å². The molecule has 1 N–H and O–H groups in total. The van der Waals surface area contributed by atoms with Crippen LogP contribution in [0.3, 0.4) is 0 Å². The van der Waals surface area contributed by atoms with Gasteiger partial charge in [-0.15, -0.1) is 0 Å². The van der Waals surface area contributed by atoms with Crippen molar-refractivity contribution >= 4 is 0 Å². The molecule has 9 heavy (non-hydrogen) atoms. The normalized spacial score (nSPS) is 17.3. The molecule has 0 aliphatic carbocycles. The van der Waals surface area contributed by atoms with E-state index in [1.54, 1.807) is 7.11 Å². The Labute approximate surface area is 57.6 Å². The first-order chi connectivity index (χ1) is 4.22. The molecular formula is C7H17NO. The molecule has 0 radical (unpaired) electrons. The van der Waals surface area contributed by atoms with Crippen LogP contribution in [-0.4, -0.2) is 26.8 Å². The quantitative estimate of drug-likeness (QED) is 0.611. The van der Waals surface area contributed by atoms with E-state index in [0.717, 1.165) is 6.61 Å². The van der Waals surface area contributed by atoms with E-state index in [0.29, 0.717) is 12.0 Å². The van der Waals surface area contributed by atoms with E-state index in [9.17, 15) is 0 Å². The first kappa shape index (κ1) is 8.92. The van der Waals surface area contributed by atoms with Crippen LogP contribution in [-0.2, 0) is 4.74 Å². The largest absolute Gasteiger partial charge is 0.384 e. The Hall–Kier alpha value is -0.0800. The summed E-state index contributed by atoms with van der Waals surface area (Å²) in [4.78, 5) is 0. The van der Waals surface area contributed by atoms with Gasteiger partial charge >= 0.3 is 0 Å². The van der Waals surface area contributed by atoms with E-state index in [1.165, 1.54) is 0 Å². The van der Waals surface area contributed by atoms with Crippen LogP contribution in [0.2, 0.25) is 0 Å². The van der Waals surface area contributed by atoms with Crippen LogP contribution in [0.4, 0.5) is 0 Å². The highest BCUT2D eigenvalue weighted by atomic mass is 16.5. The second kappa shape index (κ2) is 4.77. The van der Waals surface area contributed by atoms with E-state index < -0.39 is 0 Å². The Morgan fingerprint density at radius 2 is 2.00 bits per heavy atom. The summed E-state index contributed by atoms with van der Waals surface area (Å²) in [6.45, 7) is 5.16. The molecule has 0 amide bonds. The average Bonchev–Trinajstić information content (AvgIpc) is 1.87. The highest BCUT2D eigenvalue weighted by molar-refractivity contribution is 4.64. The van der Waals surface area contributed by atoms with Crippen molar-refractivity contribution < 1.29 is 4.74 Å². The molecule has 0 rings (SSSR count). The molecule has 0 aromatic rings. The van der Waals surface area contributed by atoms with Crippen molar-refractivity contribution in [3.63, 3.8) is 0 Å². The number of ether oxygens (including phenoxy) is 1. The van der Waals surface area contributed by atoms with Crippen LogP contribution in [0.5, 0.6) is 0 Å². The highest BCUT2D eigenvalue weighted by Gasteiger charge is 2.07. The maximum atomic E-state index is 4.99. The van der Waals surface area contributed by atoms with Gasteiger partial charge in [0.2, 0.25) is 0 Å². The van der Waals surface area contributed by atoms with Crippen LogP contribution in [0, 0.1) is 5.92 Å². The molecule has 0 saturated carbocycles. The maximum absolute atomic E-state index is 4.99. The molecule has 0 aromatic carbocycles. The zero-order chi connectivity index (χ0) is 7.28. The van der Waals surface area contributed by atoms with Crippen LogP contribution in [0.15, 0.2) is 0 Å². The second-order valence-electron chi connectivity index (χ2n) is 2.51. The third kappa shape index (κ3) is 3.49. The van der Waals surface area contributed by atoms with E-state index >= 15 is 0 Å². The molecule has 2 heteroatoms. The van der Waals surface area contributed by atoms with Crippen molar-refractivity contribution in [1.29, 1.82) is 0 Å². The van der Waals surface area contributed by atoms with Gasteiger partial charge in [0, 0.05) is 13.2 Å². The van der Waals surface area contributed by atoms with Gasteiger partial charge in [0.05, 0.1) is 6.61 Å². The predicted octanol–water partition coefficient (Wildman–Crippen LogP) is 0.877. The minimum Gasteiger partial charge on any atom is -0.384 e. The van der Waals surface area contributed by atoms with Crippen molar-refractivity contribution in [3.05, 3.63) is 0 Å². The Morgan fingerprint density at radius 1 is 1.44 bits per heavy atom. The second-order valence-corrected chi connectivity index (χ2v) is 2.51. The van der Waals surface area contributed by atoms with Gasteiger partial charge in [-0.05, 0) is 19.9 Å². The molecule has 0 saturated heterocycles. The van der Waals surface area contributed by atoms with Gasteiger partial charge in [0.1, 0.15) is 0 Å². The van der Waals surface area contributed by atoms with E-state index in [1.807, 2.05) is 7.05 Å². The molecule has 0 aliphatic rings. The lowest BCUT2D eigenvalue weighted by atomic mass is 10.1. The average molecular weight is 131 g/mol. The first-order valence-electron chi connectivity index (χ1n) is 3.38. The fourth-order valence-electron chi connectivity index (χ4n) is 0.692. The molecular weight excluding hydrogens is 114 g/mol. The molecule has 2 unspecified atom stereocenters. The lowest BCUT2D eigenvalue weighted by molar-refractivity contribution is 0.144. The lowest BCUT2D eigenvalue weighted by Crippen LogP contribution is -2.31. The number of rotatable bonds is 4. The van der Waals surface area contributed by atoms with E-state index in [-0.39, 0.29) is 0 Å². The summed E-state index contributed by atoms with van der Waals surface area (Å²) in [5, 5.41) is 3.17. The standard InChI is InChI=1S/C7H17NO/c1-6(5-9-4)7(2)8-3/h6-8H,5H2,1-4H3. The molecule has 0 aliphatic heterocycles. The maximum Gasteiger partial charge on any atom is 0.0502 e. The van der Waals surface area contributed by atoms with Gasteiger partial charge in [0.25, 0.3) is 0 Å². The highest BCUT2D eigenvalue weighted by Crippen LogP contribution is 2.00. The third-order valence-electron chi connectivity index (χ3n) is 1.74. The molecule has 2 atom stereocenters. The van der Waals surface area contributed by atoms with Gasteiger partial charge in [0.15, 0.2) is 0 Å². The summed E-state index contributed by atoms with van der Waals surface area (Å²) >= 11 is 0. The number of hydrogen-bond donors (Lipinski definition) is 1. The summed E-state index contributed by atoms with van der Waals surface area (Å²) in [6, 6.07) is 0.546. The summed E-state index contributed by atoms with van der Waals surface area (Å²) < 4.78 is 4.99. The van der Waals surface area contributed by atoms with E-state index in [2.05, 4.69) is 19.2 Å². The molecule has 0 aromatic heterocycles. The minimum absolute atomic E-state index is 0.546. The minimum atomic E-state index is 0.546. The topological polar surface area (TPSA) is 21.3 Å². The van der Waals surface area contributed by atoms with Crippen LogP contribution in [0.25, 0.3) is 0 Å². The third-order valence-corrected chi connectivity index (χ3v) is 1.74. The number of methoxy groups -OCH3 is 1. The monoisotopic (exact) mass is 131 g/mol. The molecule has 0 fully saturated rings. The van der Waals surface area contributed by atoms with Crippen LogP contribution >= 0.6 is 0 Å². The number of hydrogen-bond acceptors (Lipinski definition) is 2. The molecule has 0 bridgehead atoms. The van der Waals surface area contributed by atoms with Crippen molar-refractivity contribution in [2.24, 2.45) is 5.92 Å². The first-order valence-corrected chi connectivity index (χ1v) is 3.38. The lowest BCUT2D eigenvalue weighted by Gasteiger charge is -2.17. The van der Waals surface area contributed by atoms with Crippen LogP contribution in [0.1, 0.15) is 13.8 Å². The Bertz CT molecular complexity index is 65.9. The van der Waals surface area contributed by atoms with Crippen molar-refractivity contribution in [1.82, 2.24) is 5.32 Å². The predicted molar refractivity (Wildman–Crippen MR) is 39.6 cm³/mol. The summed E-state index contributed by atoms with van der Waals surface area (Å²) in [6.07, 6.45) is 0. The zero-order valence-corrected chi connectivity index (χ0v) is 6.77. The fraction of sp³-hybridized carbons (Fsp3) is 1.00. The SMILES string of the molecule is CNC(C)C(C)COC. The van der Waals surface area contributed by atoms with Crippen LogP contribution < -0.4 is 5.32 Å². The van der Waals surface area contributed by atoms with Gasteiger partial charge in [-0.2, -0.15) is 0 Å². The Morgan fingerprint density at radius 3 is 2.33 bits per heavy atom. The van der Waals surface area contributed by atoms with Gasteiger partial charge in [-0.25, -0.2) is 0 Å². The van der Waals surface area contributed by atoms with E-state index in [4.69, 9.17) is 4.74 Å². The summed E-state index contributed by atoms with van der Waals surface area (Å²) in [5.74, 6) is 0.597. The Balaban J connectivity index is 3.32.